The van der Waals surface area contributed by atoms with Gasteiger partial charge in [-0.15, -0.1) is 11.3 Å². The van der Waals surface area contributed by atoms with Crippen molar-refractivity contribution >= 4 is 34.3 Å². The van der Waals surface area contributed by atoms with Gasteiger partial charge in [-0.2, -0.15) is 0 Å². The molecule has 166 valence electrons. The van der Waals surface area contributed by atoms with Crippen molar-refractivity contribution in [1.82, 2.24) is 0 Å². The molecule has 1 N–H and O–H groups in total. The van der Waals surface area contributed by atoms with Crippen LogP contribution in [0, 0.1) is 12.7 Å². The highest BCUT2D eigenvalue weighted by Gasteiger charge is 2.24. The highest BCUT2D eigenvalue weighted by atomic mass is 32.1. The van der Waals surface area contributed by atoms with Gasteiger partial charge in [0, 0.05) is 16.5 Å². The predicted molar refractivity (Wildman–Crippen MR) is 126 cm³/mol. The fourth-order valence-corrected chi connectivity index (χ4v) is 4.18. The zero-order chi connectivity index (χ0) is 23.1. The number of amides is 1. The molecule has 0 aliphatic heterocycles. The summed E-state index contributed by atoms with van der Waals surface area (Å²) in [5, 5.41) is 3.15. The van der Waals surface area contributed by atoms with Gasteiger partial charge in [0.05, 0.1) is 13.7 Å². The molecule has 0 saturated carbocycles. The highest BCUT2D eigenvalue weighted by Crippen LogP contribution is 2.40. The van der Waals surface area contributed by atoms with Gasteiger partial charge in [0.25, 0.3) is 0 Å². The monoisotopic (exact) mass is 453 g/mol. The third kappa shape index (κ3) is 5.62. The van der Waals surface area contributed by atoms with Gasteiger partial charge < -0.3 is 14.8 Å². The van der Waals surface area contributed by atoms with Gasteiger partial charge in [0.15, 0.2) is 0 Å². The minimum Gasteiger partial charge on any atom is -0.494 e. The Labute approximate surface area is 190 Å². The van der Waals surface area contributed by atoms with Crippen molar-refractivity contribution in [3.05, 3.63) is 76.4 Å². The molecule has 0 saturated heterocycles. The number of anilines is 1. The van der Waals surface area contributed by atoms with Crippen molar-refractivity contribution in [2.45, 2.75) is 20.3 Å². The van der Waals surface area contributed by atoms with E-state index in [1.807, 2.05) is 38.1 Å². The molecule has 5 nitrogen and oxygen atoms in total. The molecule has 0 atom stereocenters. The summed E-state index contributed by atoms with van der Waals surface area (Å²) in [6.07, 6.45) is 4.01. The lowest BCUT2D eigenvalue weighted by molar-refractivity contribution is -0.111. The topological polar surface area (TPSA) is 64.6 Å². The third-order valence-electron chi connectivity index (χ3n) is 4.62. The third-order valence-corrected chi connectivity index (χ3v) is 5.64. The van der Waals surface area contributed by atoms with Gasteiger partial charge in [-0.1, -0.05) is 31.2 Å². The van der Waals surface area contributed by atoms with E-state index < -0.39 is 5.97 Å². The summed E-state index contributed by atoms with van der Waals surface area (Å²) in [6.45, 7) is 4.53. The molecule has 1 heterocycles. The van der Waals surface area contributed by atoms with Crippen molar-refractivity contribution in [2.24, 2.45) is 0 Å². The quantitative estimate of drug-likeness (QED) is 0.331. The second-order valence-corrected chi connectivity index (χ2v) is 8.20. The molecule has 3 aromatic rings. The Hall–Kier alpha value is -3.45. The van der Waals surface area contributed by atoms with E-state index in [0.29, 0.717) is 22.7 Å². The first-order valence-corrected chi connectivity index (χ1v) is 10.9. The molecule has 0 bridgehead atoms. The van der Waals surface area contributed by atoms with Crippen molar-refractivity contribution in [1.29, 1.82) is 0 Å². The average Bonchev–Trinajstić information content (AvgIpc) is 3.12. The lowest BCUT2D eigenvalue weighted by Crippen LogP contribution is -2.11. The van der Waals surface area contributed by atoms with Gasteiger partial charge in [-0.25, -0.2) is 9.18 Å². The lowest BCUT2D eigenvalue weighted by Gasteiger charge is -2.07. The summed E-state index contributed by atoms with van der Waals surface area (Å²) in [4.78, 5) is 25.9. The molecule has 0 aliphatic carbocycles. The van der Waals surface area contributed by atoms with Crippen LogP contribution in [0.25, 0.3) is 17.2 Å². The van der Waals surface area contributed by atoms with Crippen LogP contribution in [-0.4, -0.2) is 25.6 Å². The SMILES string of the molecule is CCCOc1ccc(/C=C/C(=O)Nc2sc(C)c(-c3ccc(F)cc3)c2C(=O)OC)cc1. The number of hydrogen-bond donors (Lipinski definition) is 1. The number of carbonyl (C=O) groups is 2. The molecule has 3 rings (SSSR count). The maximum atomic E-state index is 13.3. The summed E-state index contributed by atoms with van der Waals surface area (Å²) in [7, 11) is 1.28. The molecular weight excluding hydrogens is 429 g/mol. The number of benzene rings is 2. The summed E-state index contributed by atoms with van der Waals surface area (Å²) >= 11 is 1.27. The first-order chi connectivity index (χ1) is 15.4. The second kappa shape index (κ2) is 10.7. The van der Waals surface area contributed by atoms with Gasteiger partial charge in [0.2, 0.25) is 5.91 Å². The van der Waals surface area contributed by atoms with E-state index in [0.717, 1.165) is 22.6 Å². The number of thiophene rings is 1. The number of aryl methyl sites for hydroxylation is 1. The Kier molecular flexibility index (Phi) is 7.78. The minimum atomic E-state index is -0.573. The van der Waals surface area contributed by atoms with Crippen molar-refractivity contribution in [3.63, 3.8) is 0 Å². The van der Waals surface area contributed by atoms with Crippen LogP contribution in [0.2, 0.25) is 0 Å². The number of ether oxygens (including phenoxy) is 2. The van der Waals surface area contributed by atoms with Crippen LogP contribution < -0.4 is 10.1 Å². The Balaban J connectivity index is 1.81. The van der Waals surface area contributed by atoms with Crippen LogP contribution in [-0.2, 0) is 9.53 Å². The Morgan fingerprint density at radius 2 is 1.78 bits per heavy atom. The van der Waals surface area contributed by atoms with Crippen LogP contribution in [0.4, 0.5) is 9.39 Å². The largest absolute Gasteiger partial charge is 0.494 e. The molecule has 32 heavy (non-hydrogen) atoms. The second-order valence-electron chi connectivity index (χ2n) is 6.98. The fourth-order valence-electron chi connectivity index (χ4n) is 3.11. The van der Waals surface area contributed by atoms with E-state index >= 15 is 0 Å². The molecule has 2 aromatic carbocycles. The molecule has 0 aliphatic rings. The Morgan fingerprint density at radius 1 is 1.09 bits per heavy atom. The van der Waals surface area contributed by atoms with E-state index in [1.54, 1.807) is 18.2 Å². The standard InChI is InChI=1S/C25H24FNO4S/c1-4-15-31-20-12-5-17(6-13-20)7-14-21(28)27-24-23(25(29)30-3)22(16(2)32-24)18-8-10-19(26)11-9-18/h5-14H,4,15H2,1-3H3,(H,27,28)/b14-7+. The lowest BCUT2D eigenvalue weighted by atomic mass is 10.0. The van der Waals surface area contributed by atoms with Crippen molar-refractivity contribution in [3.8, 4) is 16.9 Å². The van der Waals surface area contributed by atoms with Gasteiger partial charge in [-0.3, -0.25) is 4.79 Å². The molecule has 0 spiro atoms. The summed E-state index contributed by atoms with van der Waals surface area (Å²) < 4.78 is 23.8. The number of methoxy groups -OCH3 is 1. The summed E-state index contributed by atoms with van der Waals surface area (Å²) in [5.74, 6) is -0.549. The fraction of sp³-hybridized carbons (Fsp3) is 0.200. The Morgan fingerprint density at radius 3 is 2.41 bits per heavy atom. The summed E-state index contributed by atoms with van der Waals surface area (Å²) in [6, 6.07) is 13.3. The highest BCUT2D eigenvalue weighted by molar-refractivity contribution is 7.17. The van der Waals surface area contributed by atoms with E-state index in [9.17, 15) is 14.0 Å². The van der Waals surface area contributed by atoms with Gasteiger partial charge in [0.1, 0.15) is 22.1 Å². The Bertz CT molecular complexity index is 1120. The number of carbonyl (C=O) groups excluding carboxylic acids is 2. The molecule has 1 amide bonds. The van der Waals surface area contributed by atoms with E-state index in [1.165, 1.54) is 36.7 Å². The van der Waals surface area contributed by atoms with Crippen molar-refractivity contribution < 1.29 is 23.5 Å². The van der Waals surface area contributed by atoms with Crippen molar-refractivity contribution in [2.75, 3.05) is 19.0 Å². The number of nitrogens with one attached hydrogen (secondary N) is 1. The minimum absolute atomic E-state index is 0.251. The first kappa shape index (κ1) is 23.2. The molecule has 0 fully saturated rings. The van der Waals surface area contributed by atoms with E-state index in [4.69, 9.17) is 9.47 Å². The van der Waals surface area contributed by atoms with Gasteiger partial charge >= 0.3 is 5.97 Å². The maximum absolute atomic E-state index is 13.3. The van der Waals surface area contributed by atoms with Crippen LogP contribution in [0.5, 0.6) is 5.75 Å². The molecule has 0 radical (unpaired) electrons. The normalized spacial score (nSPS) is 10.9. The number of esters is 1. The van der Waals surface area contributed by atoms with Crippen LogP contribution in [0.15, 0.2) is 54.6 Å². The zero-order valence-corrected chi connectivity index (χ0v) is 18.9. The maximum Gasteiger partial charge on any atom is 0.341 e. The number of hydrogen-bond acceptors (Lipinski definition) is 5. The smallest absolute Gasteiger partial charge is 0.341 e. The van der Waals surface area contributed by atoms with Gasteiger partial charge in [-0.05, 0) is 54.8 Å². The molecular formula is C25H24FNO4S. The summed E-state index contributed by atoms with van der Waals surface area (Å²) in [5.41, 5.74) is 2.37. The average molecular weight is 454 g/mol. The molecule has 1 aromatic heterocycles. The molecule has 0 unspecified atom stereocenters. The number of rotatable bonds is 8. The van der Waals surface area contributed by atoms with E-state index in [2.05, 4.69) is 5.32 Å². The number of halogens is 1. The zero-order valence-electron chi connectivity index (χ0n) is 18.1. The van der Waals surface area contributed by atoms with Crippen LogP contribution in [0.3, 0.4) is 0 Å². The predicted octanol–water partition coefficient (Wildman–Crippen LogP) is 6.09. The van der Waals surface area contributed by atoms with E-state index in [-0.39, 0.29) is 17.3 Å². The van der Waals surface area contributed by atoms with Crippen LogP contribution in [0.1, 0.15) is 34.1 Å². The van der Waals surface area contributed by atoms with Crippen LogP contribution >= 0.6 is 11.3 Å². The molecule has 7 heteroatoms. The first-order valence-electron chi connectivity index (χ1n) is 10.1.